The van der Waals surface area contributed by atoms with Crippen LogP contribution in [0.4, 0.5) is 0 Å². The lowest BCUT2D eigenvalue weighted by Gasteiger charge is -2.16. The fraction of sp³-hybridized carbons (Fsp3) is 0.455. The Morgan fingerprint density at radius 3 is 2.53 bits per heavy atom. The Hall–Kier alpha value is -0.620. The quantitative estimate of drug-likeness (QED) is 0.901. The van der Waals surface area contributed by atoms with Crippen molar-refractivity contribution < 1.29 is 8.42 Å². The summed E-state index contributed by atoms with van der Waals surface area (Å²) in [6.45, 7) is 1.14. The molecule has 1 aromatic carbocycles. The van der Waals surface area contributed by atoms with Crippen molar-refractivity contribution in [1.29, 1.82) is 0 Å². The average molecular weight is 275 g/mol. The molecule has 0 bridgehead atoms. The summed E-state index contributed by atoms with van der Waals surface area (Å²) in [4.78, 5) is 0. The molecule has 0 saturated carbocycles. The molecular weight excluding hydrogens is 260 g/mol. The van der Waals surface area contributed by atoms with Gasteiger partial charge in [0.2, 0.25) is 10.0 Å². The minimum Gasteiger partial charge on any atom is -0.329 e. The fourth-order valence-corrected chi connectivity index (χ4v) is 3.86. The van der Waals surface area contributed by atoms with Crippen molar-refractivity contribution in [2.75, 3.05) is 13.1 Å². The van der Waals surface area contributed by atoms with Crippen LogP contribution in [0.1, 0.15) is 12.0 Å². The first-order chi connectivity index (χ1) is 8.04. The van der Waals surface area contributed by atoms with E-state index in [-0.39, 0.29) is 6.54 Å². The number of nitrogens with zero attached hydrogens (tertiary/aromatic N) is 1. The molecule has 1 aliphatic rings. The highest BCUT2D eigenvalue weighted by Crippen LogP contribution is 2.23. The van der Waals surface area contributed by atoms with Crippen molar-refractivity contribution in [3.8, 4) is 0 Å². The standard InChI is InChI=1S/C11H15ClN2O2S/c12-10-3-1-9(2-4-10)8-14-6-5-11(7-13)17(14,15)16/h1-4,11H,5-8,13H2. The summed E-state index contributed by atoms with van der Waals surface area (Å²) in [6.07, 6.45) is 0.617. The van der Waals surface area contributed by atoms with E-state index in [1.165, 1.54) is 4.31 Å². The van der Waals surface area contributed by atoms with Gasteiger partial charge in [0.15, 0.2) is 0 Å². The number of halogens is 1. The number of nitrogens with two attached hydrogens (primary N) is 1. The van der Waals surface area contributed by atoms with Crippen LogP contribution in [-0.4, -0.2) is 31.1 Å². The molecule has 0 aliphatic carbocycles. The number of rotatable bonds is 3. The number of sulfonamides is 1. The van der Waals surface area contributed by atoms with Crippen molar-refractivity contribution in [2.24, 2.45) is 5.73 Å². The van der Waals surface area contributed by atoms with Crippen LogP contribution in [0.2, 0.25) is 5.02 Å². The first kappa shape index (κ1) is 12.8. The molecule has 0 radical (unpaired) electrons. The summed E-state index contributed by atoms with van der Waals surface area (Å²) < 4.78 is 25.5. The van der Waals surface area contributed by atoms with Gasteiger partial charge in [-0.3, -0.25) is 0 Å². The van der Waals surface area contributed by atoms with Gasteiger partial charge in [0.05, 0.1) is 5.25 Å². The second-order valence-electron chi connectivity index (χ2n) is 4.15. The van der Waals surface area contributed by atoms with Crippen LogP contribution in [0, 0.1) is 0 Å². The molecule has 1 aromatic rings. The lowest BCUT2D eigenvalue weighted by molar-refractivity contribution is 0.440. The Kier molecular flexibility index (Phi) is 3.73. The third-order valence-electron chi connectivity index (χ3n) is 3.02. The highest BCUT2D eigenvalue weighted by molar-refractivity contribution is 7.90. The number of hydrogen-bond donors (Lipinski definition) is 1. The molecule has 94 valence electrons. The maximum Gasteiger partial charge on any atom is 0.218 e. The SMILES string of the molecule is NCC1CCN(Cc2ccc(Cl)cc2)S1(=O)=O. The predicted molar refractivity (Wildman–Crippen MR) is 68.2 cm³/mol. The molecule has 0 amide bonds. The van der Waals surface area contributed by atoms with Crippen LogP contribution in [0.15, 0.2) is 24.3 Å². The summed E-state index contributed by atoms with van der Waals surface area (Å²) in [7, 11) is -3.21. The van der Waals surface area contributed by atoms with Gasteiger partial charge in [-0.05, 0) is 24.1 Å². The minimum absolute atomic E-state index is 0.194. The molecule has 1 heterocycles. The van der Waals surface area contributed by atoms with E-state index in [2.05, 4.69) is 0 Å². The lowest BCUT2D eigenvalue weighted by atomic mass is 10.2. The van der Waals surface area contributed by atoms with Crippen molar-refractivity contribution in [3.05, 3.63) is 34.9 Å². The van der Waals surface area contributed by atoms with E-state index < -0.39 is 15.3 Å². The van der Waals surface area contributed by atoms with E-state index in [1.54, 1.807) is 12.1 Å². The van der Waals surface area contributed by atoms with Gasteiger partial charge >= 0.3 is 0 Å². The topological polar surface area (TPSA) is 63.4 Å². The lowest BCUT2D eigenvalue weighted by Crippen LogP contribution is -2.32. The summed E-state index contributed by atoms with van der Waals surface area (Å²) in [5, 5.41) is 0.229. The Balaban J connectivity index is 2.13. The fourth-order valence-electron chi connectivity index (χ4n) is 1.98. The minimum atomic E-state index is -3.21. The maximum absolute atomic E-state index is 12.0. The second-order valence-corrected chi connectivity index (χ2v) is 6.80. The molecule has 0 aromatic heterocycles. The summed E-state index contributed by atoms with van der Waals surface area (Å²) in [6, 6.07) is 7.21. The zero-order valence-electron chi connectivity index (χ0n) is 9.34. The summed E-state index contributed by atoms with van der Waals surface area (Å²) in [5.41, 5.74) is 6.40. The molecule has 2 rings (SSSR count). The molecule has 4 nitrogen and oxygen atoms in total. The molecule has 1 unspecified atom stereocenters. The Bertz CT molecular complexity index is 487. The molecule has 1 aliphatic heterocycles. The van der Waals surface area contributed by atoms with Crippen LogP contribution in [-0.2, 0) is 16.6 Å². The predicted octanol–water partition coefficient (Wildman–Crippen LogP) is 1.20. The molecule has 2 N–H and O–H groups in total. The average Bonchev–Trinajstić information content (AvgIpc) is 2.57. The van der Waals surface area contributed by atoms with E-state index >= 15 is 0 Å². The maximum atomic E-state index is 12.0. The first-order valence-corrected chi connectivity index (χ1v) is 7.35. The van der Waals surface area contributed by atoms with Gasteiger partial charge in [-0.25, -0.2) is 8.42 Å². The van der Waals surface area contributed by atoms with Gasteiger partial charge in [-0.15, -0.1) is 0 Å². The van der Waals surface area contributed by atoms with Crippen molar-refractivity contribution in [2.45, 2.75) is 18.2 Å². The van der Waals surface area contributed by atoms with Crippen molar-refractivity contribution in [1.82, 2.24) is 4.31 Å². The van der Waals surface area contributed by atoms with E-state index in [9.17, 15) is 8.42 Å². The Labute approximate surface area is 106 Å². The number of benzene rings is 1. The highest BCUT2D eigenvalue weighted by Gasteiger charge is 2.37. The van der Waals surface area contributed by atoms with Gasteiger partial charge in [0.25, 0.3) is 0 Å². The highest BCUT2D eigenvalue weighted by atomic mass is 35.5. The summed E-state index contributed by atoms with van der Waals surface area (Å²) >= 11 is 5.78. The molecule has 1 saturated heterocycles. The van der Waals surface area contributed by atoms with Crippen molar-refractivity contribution in [3.63, 3.8) is 0 Å². The van der Waals surface area contributed by atoms with Crippen LogP contribution in [0.25, 0.3) is 0 Å². The zero-order valence-corrected chi connectivity index (χ0v) is 10.9. The third kappa shape index (κ3) is 2.63. The molecule has 0 spiro atoms. The number of hydrogen-bond acceptors (Lipinski definition) is 3. The molecule has 6 heteroatoms. The largest absolute Gasteiger partial charge is 0.329 e. The zero-order chi connectivity index (χ0) is 12.5. The summed E-state index contributed by atoms with van der Waals surface area (Å²) in [5.74, 6) is 0. The van der Waals surface area contributed by atoms with Crippen molar-refractivity contribution >= 4 is 21.6 Å². The van der Waals surface area contributed by atoms with E-state index in [0.717, 1.165) is 5.56 Å². The van der Waals surface area contributed by atoms with Crippen LogP contribution >= 0.6 is 11.6 Å². The van der Waals surface area contributed by atoms with E-state index in [4.69, 9.17) is 17.3 Å². The molecule has 17 heavy (non-hydrogen) atoms. The van der Waals surface area contributed by atoms with E-state index in [1.807, 2.05) is 12.1 Å². The monoisotopic (exact) mass is 274 g/mol. The van der Waals surface area contributed by atoms with Crippen LogP contribution in [0.5, 0.6) is 0 Å². The van der Waals surface area contributed by atoms with Gasteiger partial charge in [-0.2, -0.15) is 4.31 Å². The first-order valence-electron chi connectivity index (χ1n) is 5.47. The van der Waals surface area contributed by atoms with Crippen LogP contribution in [0.3, 0.4) is 0 Å². The van der Waals surface area contributed by atoms with Gasteiger partial charge < -0.3 is 5.73 Å². The molecule has 1 fully saturated rings. The molecular formula is C11H15ClN2O2S. The Morgan fingerprint density at radius 1 is 1.35 bits per heavy atom. The third-order valence-corrected chi connectivity index (χ3v) is 5.57. The van der Waals surface area contributed by atoms with Crippen LogP contribution < -0.4 is 5.73 Å². The molecule has 1 atom stereocenters. The Morgan fingerprint density at radius 2 is 2.00 bits per heavy atom. The smallest absolute Gasteiger partial charge is 0.218 e. The van der Waals surface area contributed by atoms with Gasteiger partial charge in [0.1, 0.15) is 0 Å². The van der Waals surface area contributed by atoms with Gasteiger partial charge in [0, 0.05) is 24.7 Å². The second kappa shape index (κ2) is 4.94. The van der Waals surface area contributed by atoms with Gasteiger partial charge in [-0.1, -0.05) is 23.7 Å². The van der Waals surface area contributed by atoms with E-state index in [0.29, 0.717) is 24.5 Å². The normalized spacial score (nSPS) is 24.0.